The third kappa shape index (κ3) is 2.76. The monoisotopic (exact) mass is 251 g/mol. The Kier molecular flexibility index (Phi) is 4.09. The van der Waals surface area contributed by atoms with Crippen molar-refractivity contribution in [2.75, 3.05) is 19.0 Å². The summed E-state index contributed by atoms with van der Waals surface area (Å²) in [5, 5.41) is 12.0. The Morgan fingerprint density at radius 3 is 3.00 bits per heavy atom. The van der Waals surface area contributed by atoms with Crippen molar-refractivity contribution in [3.05, 3.63) is 17.6 Å². The van der Waals surface area contributed by atoms with Gasteiger partial charge in [-0.05, 0) is 25.7 Å². The highest BCUT2D eigenvalue weighted by molar-refractivity contribution is 5.77. The Hall–Kier alpha value is -1.69. The van der Waals surface area contributed by atoms with E-state index < -0.39 is 12.0 Å². The van der Waals surface area contributed by atoms with E-state index in [1.807, 2.05) is 0 Å². The van der Waals surface area contributed by atoms with Gasteiger partial charge in [0, 0.05) is 18.4 Å². The minimum absolute atomic E-state index is 0.105. The van der Waals surface area contributed by atoms with E-state index >= 15 is 0 Å². The summed E-state index contributed by atoms with van der Waals surface area (Å²) in [4.78, 5) is 19.5. The van der Waals surface area contributed by atoms with Crippen molar-refractivity contribution >= 4 is 11.8 Å². The molecule has 1 unspecified atom stereocenters. The van der Waals surface area contributed by atoms with Crippen LogP contribution in [0, 0.1) is 0 Å². The molecule has 1 aromatic rings. The van der Waals surface area contributed by atoms with Gasteiger partial charge < -0.3 is 15.2 Å². The maximum Gasteiger partial charge on any atom is 0.328 e. The molecule has 0 aromatic carbocycles. The molecule has 0 saturated heterocycles. The number of rotatable bonds is 5. The number of hydrogen-bond acceptors (Lipinski definition) is 5. The third-order valence-corrected chi connectivity index (χ3v) is 3.07. The molecular formula is C12H17N3O3. The Balaban J connectivity index is 2.20. The lowest BCUT2D eigenvalue weighted by molar-refractivity contribution is -0.139. The second-order valence-electron chi connectivity index (χ2n) is 4.35. The normalized spacial score (nSPS) is 15.8. The van der Waals surface area contributed by atoms with Gasteiger partial charge in [0.25, 0.3) is 0 Å². The number of carbonyl (C=O) groups is 1. The van der Waals surface area contributed by atoms with Gasteiger partial charge in [-0.25, -0.2) is 14.8 Å². The van der Waals surface area contributed by atoms with Gasteiger partial charge in [0.05, 0.1) is 6.61 Å². The summed E-state index contributed by atoms with van der Waals surface area (Å²) in [6.07, 6.45) is 5.55. The highest BCUT2D eigenvalue weighted by Gasteiger charge is 2.21. The maximum atomic E-state index is 11.1. The van der Waals surface area contributed by atoms with Crippen LogP contribution in [0.5, 0.6) is 0 Å². The first kappa shape index (κ1) is 12.8. The smallest absolute Gasteiger partial charge is 0.328 e. The third-order valence-electron chi connectivity index (χ3n) is 3.07. The largest absolute Gasteiger partial charge is 0.480 e. The average molecular weight is 251 g/mol. The quantitative estimate of drug-likeness (QED) is 0.807. The zero-order chi connectivity index (χ0) is 13.0. The van der Waals surface area contributed by atoms with Crippen molar-refractivity contribution in [1.82, 2.24) is 9.97 Å². The lowest BCUT2D eigenvalue weighted by atomic mass is 9.96. The molecule has 1 atom stereocenters. The van der Waals surface area contributed by atoms with Crippen molar-refractivity contribution in [3.63, 3.8) is 0 Å². The number of aromatic nitrogens is 2. The fourth-order valence-corrected chi connectivity index (χ4v) is 2.15. The fraction of sp³-hybridized carbons (Fsp3) is 0.583. The van der Waals surface area contributed by atoms with Gasteiger partial charge in [-0.3, -0.25) is 0 Å². The summed E-state index contributed by atoms with van der Waals surface area (Å²) in [6, 6.07) is -0.782. The van der Waals surface area contributed by atoms with Crippen LogP contribution in [0.4, 0.5) is 5.82 Å². The van der Waals surface area contributed by atoms with Crippen LogP contribution in [-0.4, -0.2) is 40.8 Å². The fourth-order valence-electron chi connectivity index (χ4n) is 2.15. The van der Waals surface area contributed by atoms with Crippen LogP contribution in [0.2, 0.25) is 0 Å². The molecule has 0 aliphatic heterocycles. The number of nitrogens with one attached hydrogen (secondary N) is 1. The standard InChI is InChI=1S/C12H17N3O3/c1-18-6-10(12(16)17)15-11-8-4-2-3-5-9(8)13-7-14-11/h7,10H,2-6H2,1H3,(H,16,17)(H,13,14,15). The SMILES string of the molecule is COCC(Nc1ncnc2c1CCCC2)C(=O)O. The van der Waals surface area contributed by atoms with E-state index in [1.165, 1.54) is 13.4 Å². The van der Waals surface area contributed by atoms with Crippen molar-refractivity contribution in [2.45, 2.75) is 31.7 Å². The second-order valence-corrected chi connectivity index (χ2v) is 4.35. The number of hydrogen-bond donors (Lipinski definition) is 2. The number of methoxy groups -OCH3 is 1. The van der Waals surface area contributed by atoms with Crippen LogP contribution in [0.25, 0.3) is 0 Å². The molecule has 0 fully saturated rings. The number of nitrogens with zero attached hydrogens (tertiary/aromatic N) is 2. The van der Waals surface area contributed by atoms with Crippen LogP contribution in [0.1, 0.15) is 24.1 Å². The van der Waals surface area contributed by atoms with E-state index in [2.05, 4.69) is 15.3 Å². The molecule has 1 aliphatic carbocycles. The van der Waals surface area contributed by atoms with Gasteiger partial charge in [0.15, 0.2) is 0 Å². The summed E-state index contributed by atoms with van der Waals surface area (Å²) in [7, 11) is 1.48. The number of carboxylic acid groups (broad SMARTS) is 1. The molecule has 2 N–H and O–H groups in total. The van der Waals surface area contributed by atoms with Gasteiger partial charge in [-0.2, -0.15) is 0 Å². The predicted octanol–water partition coefficient (Wildman–Crippen LogP) is 0.867. The Morgan fingerprint density at radius 2 is 2.28 bits per heavy atom. The Bertz CT molecular complexity index is 437. The van der Waals surface area contributed by atoms with Crippen LogP contribution >= 0.6 is 0 Å². The molecule has 98 valence electrons. The van der Waals surface area contributed by atoms with E-state index in [9.17, 15) is 4.79 Å². The number of carboxylic acids is 1. The lowest BCUT2D eigenvalue weighted by Crippen LogP contribution is -2.34. The summed E-state index contributed by atoms with van der Waals surface area (Å²) in [5.74, 6) is -0.316. The van der Waals surface area contributed by atoms with E-state index in [0.717, 1.165) is 36.9 Å². The molecule has 0 saturated carbocycles. The highest BCUT2D eigenvalue weighted by atomic mass is 16.5. The van der Waals surface area contributed by atoms with Crippen LogP contribution < -0.4 is 5.32 Å². The van der Waals surface area contributed by atoms with E-state index in [1.54, 1.807) is 0 Å². The minimum atomic E-state index is -0.944. The summed E-state index contributed by atoms with van der Waals surface area (Å²) in [5.41, 5.74) is 2.08. The molecule has 6 nitrogen and oxygen atoms in total. The first-order chi connectivity index (χ1) is 8.72. The lowest BCUT2D eigenvalue weighted by Gasteiger charge is -2.20. The zero-order valence-corrected chi connectivity index (χ0v) is 10.3. The van der Waals surface area contributed by atoms with Crippen molar-refractivity contribution in [1.29, 1.82) is 0 Å². The van der Waals surface area contributed by atoms with Gasteiger partial charge in [0.1, 0.15) is 18.2 Å². The van der Waals surface area contributed by atoms with E-state index in [0.29, 0.717) is 5.82 Å². The topological polar surface area (TPSA) is 84.3 Å². The van der Waals surface area contributed by atoms with Gasteiger partial charge in [0.2, 0.25) is 0 Å². The molecule has 0 amide bonds. The van der Waals surface area contributed by atoms with E-state index in [4.69, 9.17) is 9.84 Å². The molecule has 0 bridgehead atoms. The number of ether oxygens (including phenoxy) is 1. The zero-order valence-electron chi connectivity index (χ0n) is 10.3. The molecule has 0 spiro atoms. The van der Waals surface area contributed by atoms with E-state index in [-0.39, 0.29) is 6.61 Å². The number of anilines is 1. The molecule has 2 rings (SSSR count). The molecule has 0 radical (unpaired) electrons. The molecule has 18 heavy (non-hydrogen) atoms. The number of aliphatic carboxylic acids is 1. The summed E-state index contributed by atoms with van der Waals surface area (Å²) in [6.45, 7) is 0.105. The predicted molar refractivity (Wildman–Crippen MR) is 65.6 cm³/mol. The van der Waals surface area contributed by atoms with Gasteiger partial charge >= 0.3 is 5.97 Å². The molecular weight excluding hydrogens is 234 g/mol. The van der Waals surface area contributed by atoms with Crippen LogP contribution in [-0.2, 0) is 22.4 Å². The number of aryl methyl sites for hydroxylation is 1. The first-order valence-corrected chi connectivity index (χ1v) is 6.03. The van der Waals surface area contributed by atoms with Gasteiger partial charge in [-0.1, -0.05) is 0 Å². The minimum Gasteiger partial charge on any atom is -0.480 e. The molecule has 6 heteroatoms. The van der Waals surface area contributed by atoms with Gasteiger partial charge in [-0.15, -0.1) is 0 Å². The molecule has 1 heterocycles. The molecule has 1 aliphatic rings. The number of fused-ring (bicyclic) bond motifs is 1. The average Bonchev–Trinajstić information content (AvgIpc) is 2.38. The summed E-state index contributed by atoms with van der Waals surface area (Å²) < 4.78 is 4.89. The van der Waals surface area contributed by atoms with Crippen LogP contribution in [0.3, 0.4) is 0 Å². The maximum absolute atomic E-state index is 11.1. The molecule has 1 aromatic heterocycles. The Labute approximate surface area is 105 Å². The van der Waals surface area contributed by atoms with Crippen LogP contribution in [0.15, 0.2) is 6.33 Å². The van der Waals surface area contributed by atoms with Crippen molar-refractivity contribution in [3.8, 4) is 0 Å². The van der Waals surface area contributed by atoms with Crippen molar-refractivity contribution < 1.29 is 14.6 Å². The Morgan fingerprint density at radius 1 is 1.50 bits per heavy atom. The first-order valence-electron chi connectivity index (χ1n) is 6.03. The second kappa shape index (κ2) is 5.77. The van der Waals surface area contributed by atoms with Crippen molar-refractivity contribution in [2.24, 2.45) is 0 Å². The highest BCUT2D eigenvalue weighted by Crippen LogP contribution is 2.24. The summed E-state index contributed by atoms with van der Waals surface area (Å²) >= 11 is 0.